The number of hydrogen-bond donors (Lipinski definition) is 1. The number of carbonyl (C=O) groups excluding carboxylic acids is 1. The molecule has 1 aliphatic heterocycles. The molecule has 1 fully saturated rings. The standard InChI is InChI=1S/C22H22ClFN4O2/c1-14-2-4-16(5-3-14)21-26-27-22(30-21)28-10-8-15(9-11-28)20(29)25-13-17-6-7-18(24)12-19(17)23/h2-7,12,15H,8-11,13H2,1H3,(H,25,29). The molecule has 0 saturated carbocycles. The maximum atomic E-state index is 13.1. The third-order valence-corrected chi connectivity index (χ3v) is 5.67. The minimum absolute atomic E-state index is 0.0269. The number of carbonyl (C=O) groups is 1. The van der Waals surface area contributed by atoms with Gasteiger partial charge in [-0.05, 0) is 49.6 Å². The van der Waals surface area contributed by atoms with E-state index in [1.54, 1.807) is 6.07 Å². The van der Waals surface area contributed by atoms with Crippen LogP contribution in [0.4, 0.5) is 10.4 Å². The van der Waals surface area contributed by atoms with E-state index in [-0.39, 0.29) is 18.4 Å². The molecule has 2 heterocycles. The summed E-state index contributed by atoms with van der Waals surface area (Å²) in [4.78, 5) is 14.5. The third kappa shape index (κ3) is 4.62. The molecule has 1 aliphatic rings. The summed E-state index contributed by atoms with van der Waals surface area (Å²) in [6.07, 6.45) is 1.37. The SMILES string of the molecule is Cc1ccc(-c2nnc(N3CCC(C(=O)NCc4ccc(F)cc4Cl)CC3)o2)cc1. The van der Waals surface area contributed by atoms with Crippen molar-refractivity contribution in [3.05, 3.63) is 64.4 Å². The quantitative estimate of drug-likeness (QED) is 0.653. The zero-order valence-electron chi connectivity index (χ0n) is 16.6. The van der Waals surface area contributed by atoms with Crippen LogP contribution in [0.1, 0.15) is 24.0 Å². The monoisotopic (exact) mass is 428 g/mol. The van der Waals surface area contributed by atoms with E-state index < -0.39 is 5.82 Å². The number of hydrogen-bond acceptors (Lipinski definition) is 5. The van der Waals surface area contributed by atoms with Crippen molar-refractivity contribution in [1.29, 1.82) is 0 Å². The first-order chi connectivity index (χ1) is 14.5. The van der Waals surface area contributed by atoms with E-state index in [4.69, 9.17) is 16.0 Å². The molecule has 30 heavy (non-hydrogen) atoms. The fourth-order valence-corrected chi connectivity index (χ4v) is 3.71. The van der Waals surface area contributed by atoms with E-state index in [0.29, 0.717) is 48.4 Å². The van der Waals surface area contributed by atoms with Crippen LogP contribution in [0.25, 0.3) is 11.5 Å². The number of piperidine rings is 1. The van der Waals surface area contributed by atoms with Crippen molar-refractivity contribution in [3.63, 3.8) is 0 Å². The molecule has 1 aromatic heterocycles. The first-order valence-corrected chi connectivity index (χ1v) is 10.2. The number of anilines is 1. The predicted octanol–water partition coefficient (Wildman–Crippen LogP) is 4.37. The average Bonchev–Trinajstić information content (AvgIpc) is 3.24. The van der Waals surface area contributed by atoms with E-state index in [9.17, 15) is 9.18 Å². The number of aryl methyl sites for hydroxylation is 1. The molecule has 1 amide bonds. The maximum Gasteiger partial charge on any atom is 0.318 e. The fraction of sp³-hybridized carbons (Fsp3) is 0.318. The molecule has 1 saturated heterocycles. The highest BCUT2D eigenvalue weighted by atomic mass is 35.5. The number of halogens is 2. The number of aromatic nitrogens is 2. The topological polar surface area (TPSA) is 71.3 Å². The van der Waals surface area contributed by atoms with Gasteiger partial charge in [0.15, 0.2) is 0 Å². The fourth-order valence-electron chi connectivity index (χ4n) is 3.48. The van der Waals surface area contributed by atoms with Gasteiger partial charge in [0.05, 0.1) is 0 Å². The summed E-state index contributed by atoms with van der Waals surface area (Å²) in [6, 6.07) is 12.6. The van der Waals surface area contributed by atoms with Crippen molar-refractivity contribution in [1.82, 2.24) is 15.5 Å². The van der Waals surface area contributed by atoms with Crippen LogP contribution >= 0.6 is 11.6 Å². The van der Waals surface area contributed by atoms with E-state index in [2.05, 4.69) is 15.5 Å². The molecule has 6 nitrogen and oxygen atoms in total. The highest BCUT2D eigenvalue weighted by Crippen LogP contribution is 2.26. The Labute approximate surface area is 179 Å². The van der Waals surface area contributed by atoms with Crippen LogP contribution in [0, 0.1) is 18.7 Å². The van der Waals surface area contributed by atoms with Crippen molar-refractivity contribution in [3.8, 4) is 11.5 Å². The van der Waals surface area contributed by atoms with Crippen LogP contribution in [0.15, 0.2) is 46.9 Å². The second-order valence-electron chi connectivity index (χ2n) is 7.47. The summed E-state index contributed by atoms with van der Waals surface area (Å²) in [6.45, 7) is 3.62. The van der Waals surface area contributed by atoms with Crippen molar-refractivity contribution in [2.45, 2.75) is 26.3 Å². The summed E-state index contributed by atoms with van der Waals surface area (Å²) in [7, 11) is 0. The second-order valence-corrected chi connectivity index (χ2v) is 7.88. The first-order valence-electron chi connectivity index (χ1n) is 9.87. The average molecular weight is 429 g/mol. The number of amides is 1. The van der Waals surface area contributed by atoms with Crippen molar-refractivity contribution in [2.75, 3.05) is 18.0 Å². The molecule has 0 unspecified atom stereocenters. The first kappa shape index (κ1) is 20.3. The molecule has 0 radical (unpaired) electrons. The van der Waals surface area contributed by atoms with Crippen LogP contribution < -0.4 is 10.2 Å². The Balaban J connectivity index is 1.30. The van der Waals surface area contributed by atoms with Gasteiger partial charge >= 0.3 is 6.01 Å². The van der Waals surface area contributed by atoms with Crippen molar-refractivity contribution >= 4 is 23.5 Å². The van der Waals surface area contributed by atoms with E-state index in [0.717, 1.165) is 5.56 Å². The lowest BCUT2D eigenvalue weighted by molar-refractivity contribution is -0.125. The molecule has 0 spiro atoms. The lowest BCUT2D eigenvalue weighted by Gasteiger charge is -2.29. The van der Waals surface area contributed by atoms with Gasteiger partial charge in [-0.3, -0.25) is 4.79 Å². The summed E-state index contributed by atoms with van der Waals surface area (Å²) >= 11 is 6.02. The Kier molecular flexibility index (Phi) is 5.99. The zero-order chi connectivity index (χ0) is 21.1. The van der Waals surface area contributed by atoms with Gasteiger partial charge in [-0.1, -0.05) is 40.5 Å². The second kappa shape index (κ2) is 8.83. The Hall–Kier alpha value is -2.93. The summed E-state index contributed by atoms with van der Waals surface area (Å²) in [5, 5.41) is 11.5. The minimum Gasteiger partial charge on any atom is -0.403 e. The summed E-state index contributed by atoms with van der Waals surface area (Å²) in [5.74, 6) is -0.0315. The zero-order valence-corrected chi connectivity index (χ0v) is 17.3. The number of nitrogens with zero attached hydrogens (tertiary/aromatic N) is 3. The van der Waals surface area contributed by atoms with Crippen LogP contribution in [-0.2, 0) is 11.3 Å². The van der Waals surface area contributed by atoms with Gasteiger partial charge in [0.1, 0.15) is 5.82 Å². The number of nitrogens with one attached hydrogen (secondary N) is 1. The molecule has 1 N–H and O–H groups in total. The maximum absolute atomic E-state index is 13.1. The van der Waals surface area contributed by atoms with Gasteiger partial charge in [-0.25, -0.2) is 4.39 Å². The minimum atomic E-state index is -0.394. The van der Waals surface area contributed by atoms with Gasteiger partial charge in [0.2, 0.25) is 11.8 Å². The van der Waals surface area contributed by atoms with Gasteiger partial charge in [-0.2, -0.15) is 0 Å². The molecule has 4 rings (SSSR count). The highest BCUT2D eigenvalue weighted by Gasteiger charge is 2.27. The van der Waals surface area contributed by atoms with E-state index in [1.807, 2.05) is 36.1 Å². The molecular weight excluding hydrogens is 407 g/mol. The molecule has 0 bridgehead atoms. The van der Waals surface area contributed by atoms with Crippen LogP contribution in [0.2, 0.25) is 5.02 Å². The molecule has 2 aromatic carbocycles. The van der Waals surface area contributed by atoms with Gasteiger partial charge in [-0.15, -0.1) is 5.10 Å². The Morgan fingerprint density at radius 2 is 1.93 bits per heavy atom. The summed E-state index contributed by atoms with van der Waals surface area (Å²) < 4.78 is 19.0. The molecular formula is C22H22ClFN4O2. The van der Waals surface area contributed by atoms with Gasteiger partial charge < -0.3 is 14.6 Å². The van der Waals surface area contributed by atoms with E-state index in [1.165, 1.54) is 17.7 Å². The predicted molar refractivity (Wildman–Crippen MR) is 113 cm³/mol. The number of benzene rings is 2. The van der Waals surface area contributed by atoms with Gasteiger partial charge in [0, 0.05) is 36.1 Å². The Bertz CT molecular complexity index is 1030. The van der Waals surface area contributed by atoms with Crippen LogP contribution in [0.5, 0.6) is 0 Å². The van der Waals surface area contributed by atoms with Gasteiger partial charge in [0.25, 0.3) is 0 Å². The normalized spacial score (nSPS) is 14.7. The Morgan fingerprint density at radius 3 is 2.63 bits per heavy atom. The van der Waals surface area contributed by atoms with Crippen LogP contribution in [0.3, 0.4) is 0 Å². The molecule has 8 heteroatoms. The third-order valence-electron chi connectivity index (χ3n) is 5.32. The van der Waals surface area contributed by atoms with E-state index >= 15 is 0 Å². The Morgan fingerprint density at radius 1 is 1.20 bits per heavy atom. The molecule has 0 atom stereocenters. The molecule has 0 aliphatic carbocycles. The highest BCUT2D eigenvalue weighted by molar-refractivity contribution is 6.31. The van der Waals surface area contributed by atoms with Crippen LogP contribution in [-0.4, -0.2) is 29.2 Å². The lowest BCUT2D eigenvalue weighted by Crippen LogP contribution is -2.40. The lowest BCUT2D eigenvalue weighted by atomic mass is 9.96. The summed E-state index contributed by atoms with van der Waals surface area (Å²) in [5.41, 5.74) is 2.74. The van der Waals surface area contributed by atoms with Crippen molar-refractivity contribution < 1.29 is 13.6 Å². The smallest absolute Gasteiger partial charge is 0.318 e. The van der Waals surface area contributed by atoms with Crippen molar-refractivity contribution in [2.24, 2.45) is 5.92 Å². The largest absolute Gasteiger partial charge is 0.403 e. The number of rotatable bonds is 5. The molecule has 3 aromatic rings. The molecule has 156 valence electrons.